The molecule has 16 heavy (non-hydrogen) atoms. The van der Waals surface area contributed by atoms with Crippen LogP contribution in [0.15, 0.2) is 24.3 Å². The van der Waals surface area contributed by atoms with E-state index in [1.165, 1.54) is 0 Å². The number of halogens is 1. The Morgan fingerprint density at radius 1 is 1.44 bits per heavy atom. The minimum atomic E-state index is -0.00412. The van der Waals surface area contributed by atoms with Crippen LogP contribution >= 0.6 is 11.6 Å². The first-order chi connectivity index (χ1) is 7.61. The zero-order chi connectivity index (χ0) is 11.7. The van der Waals surface area contributed by atoms with Crippen molar-refractivity contribution < 1.29 is 4.79 Å². The molecule has 0 spiro atoms. The lowest BCUT2D eigenvalue weighted by molar-refractivity contribution is -0.121. The summed E-state index contributed by atoms with van der Waals surface area (Å²) < 4.78 is 1.98. The zero-order valence-electron chi connectivity index (χ0n) is 9.25. The molecule has 1 aromatic carbocycles. The average molecular weight is 237 g/mol. The second kappa shape index (κ2) is 4.18. The number of hydrogen-bond acceptors (Lipinski definition) is 1. The number of aromatic nitrogens is 1. The number of amides is 1. The van der Waals surface area contributed by atoms with Crippen LogP contribution in [0.25, 0.3) is 10.9 Å². The van der Waals surface area contributed by atoms with Crippen LogP contribution in [0.2, 0.25) is 5.02 Å². The molecule has 2 aromatic rings. The lowest BCUT2D eigenvalue weighted by Crippen LogP contribution is -2.23. The van der Waals surface area contributed by atoms with Crippen molar-refractivity contribution in [2.75, 3.05) is 7.05 Å². The highest BCUT2D eigenvalue weighted by Crippen LogP contribution is 2.23. The number of carbonyl (C=O) groups excluding carboxylic acids is 1. The fraction of sp³-hybridized carbons (Fsp3) is 0.250. The number of nitrogens with zero attached hydrogens (tertiary/aromatic N) is 1. The van der Waals surface area contributed by atoms with Crippen molar-refractivity contribution >= 4 is 28.4 Å². The molecule has 1 heterocycles. The first kappa shape index (κ1) is 11.0. The molecule has 0 radical (unpaired) electrons. The summed E-state index contributed by atoms with van der Waals surface area (Å²) in [5, 5.41) is 4.40. The lowest BCUT2D eigenvalue weighted by Gasteiger charge is -2.06. The largest absolute Gasteiger partial charge is 0.358 e. The van der Waals surface area contributed by atoms with E-state index in [9.17, 15) is 4.79 Å². The smallest absolute Gasteiger partial charge is 0.239 e. The number of carbonyl (C=O) groups is 1. The Morgan fingerprint density at radius 3 is 2.88 bits per heavy atom. The molecule has 0 aliphatic heterocycles. The number of nitrogens with one attached hydrogen (secondary N) is 1. The maximum atomic E-state index is 11.4. The average Bonchev–Trinajstić information content (AvgIpc) is 2.54. The van der Waals surface area contributed by atoms with Gasteiger partial charge in [-0.15, -0.1) is 0 Å². The van der Waals surface area contributed by atoms with Crippen molar-refractivity contribution in [3.63, 3.8) is 0 Å². The molecular weight excluding hydrogens is 224 g/mol. The number of benzene rings is 1. The monoisotopic (exact) mass is 236 g/mol. The summed E-state index contributed by atoms with van der Waals surface area (Å²) in [6.07, 6.45) is 0. The lowest BCUT2D eigenvalue weighted by atomic mass is 10.2. The molecule has 84 valence electrons. The molecular formula is C12H13ClN2O. The highest BCUT2D eigenvalue weighted by molar-refractivity contribution is 6.31. The normalized spacial score (nSPS) is 10.7. The van der Waals surface area contributed by atoms with Crippen LogP contribution in [0.1, 0.15) is 5.69 Å². The maximum absolute atomic E-state index is 11.4. The molecule has 1 aromatic heterocycles. The summed E-state index contributed by atoms with van der Waals surface area (Å²) in [7, 11) is 1.64. The molecule has 3 nitrogen and oxygen atoms in total. The predicted molar refractivity (Wildman–Crippen MR) is 65.8 cm³/mol. The van der Waals surface area contributed by atoms with E-state index in [4.69, 9.17) is 11.6 Å². The zero-order valence-corrected chi connectivity index (χ0v) is 10.0. The van der Waals surface area contributed by atoms with E-state index in [0.29, 0.717) is 11.6 Å². The third-order valence-corrected chi connectivity index (χ3v) is 2.89. The molecule has 0 fully saturated rings. The van der Waals surface area contributed by atoms with Crippen LogP contribution in [0.3, 0.4) is 0 Å². The van der Waals surface area contributed by atoms with Gasteiger partial charge in [-0.1, -0.05) is 11.6 Å². The Labute approximate surface area is 99.0 Å². The number of hydrogen-bond donors (Lipinski definition) is 1. The molecule has 0 aliphatic rings. The van der Waals surface area contributed by atoms with E-state index in [-0.39, 0.29) is 5.91 Å². The van der Waals surface area contributed by atoms with Crippen molar-refractivity contribution in [3.8, 4) is 0 Å². The van der Waals surface area contributed by atoms with Gasteiger partial charge in [0.2, 0.25) is 5.91 Å². The van der Waals surface area contributed by atoms with Gasteiger partial charge >= 0.3 is 0 Å². The predicted octanol–water partition coefficient (Wildman–Crippen LogP) is 2.35. The van der Waals surface area contributed by atoms with Crippen molar-refractivity contribution in [1.82, 2.24) is 9.88 Å². The quantitative estimate of drug-likeness (QED) is 0.853. The highest BCUT2D eigenvalue weighted by atomic mass is 35.5. The van der Waals surface area contributed by atoms with Crippen LogP contribution in [0.4, 0.5) is 0 Å². The summed E-state index contributed by atoms with van der Waals surface area (Å²) in [5.41, 5.74) is 2.09. The van der Waals surface area contributed by atoms with Gasteiger partial charge in [-0.2, -0.15) is 0 Å². The van der Waals surface area contributed by atoms with Crippen molar-refractivity contribution in [1.29, 1.82) is 0 Å². The summed E-state index contributed by atoms with van der Waals surface area (Å²) in [6, 6.07) is 7.71. The minimum absolute atomic E-state index is 0.00412. The van der Waals surface area contributed by atoms with E-state index in [1.54, 1.807) is 7.05 Å². The third-order valence-electron chi connectivity index (χ3n) is 2.65. The number of fused-ring (bicyclic) bond motifs is 1. The number of rotatable bonds is 2. The Balaban J connectivity index is 2.52. The van der Waals surface area contributed by atoms with Crippen molar-refractivity contribution in [3.05, 3.63) is 35.0 Å². The molecule has 4 heteroatoms. The van der Waals surface area contributed by atoms with Gasteiger partial charge in [0.05, 0.1) is 0 Å². The molecule has 0 bridgehead atoms. The van der Waals surface area contributed by atoms with Gasteiger partial charge in [0, 0.05) is 28.7 Å². The van der Waals surface area contributed by atoms with Crippen molar-refractivity contribution in [2.45, 2.75) is 13.5 Å². The van der Waals surface area contributed by atoms with Gasteiger partial charge in [0.1, 0.15) is 6.54 Å². The van der Waals surface area contributed by atoms with Gasteiger partial charge in [-0.3, -0.25) is 4.79 Å². The Kier molecular flexibility index (Phi) is 2.88. The minimum Gasteiger partial charge on any atom is -0.358 e. The first-order valence-electron chi connectivity index (χ1n) is 5.08. The third kappa shape index (κ3) is 1.91. The van der Waals surface area contributed by atoms with Crippen molar-refractivity contribution in [2.24, 2.45) is 0 Å². The first-order valence-corrected chi connectivity index (χ1v) is 5.45. The molecule has 0 unspecified atom stereocenters. The van der Waals surface area contributed by atoms with Gasteiger partial charge in [-0.05, 0) is 31.2 Å². The van der Waals surface area contributed by atoms with Crippen LogP contribution in [-0.4, -0.2) is 17.5 Å². The molecule has 0 saturated carbocycles. The van der Waals surface area contributed by atoms with Gasteiger partial charge in [0.15, 0.2) is 0 Å². The summed E-state index contributed by atoms with van der Waals surface area (Å²) in [4.78, 5) is 11.4. The highest BCUT2D eigenvalue weighted by Gasteiger charge is 2.08. The van der Waals surface area contributed by atoms with E-state index in [1.807, 2.05) is 35.8 Å². The van der Waals surface area contributed by atoms with Crippen LogP contribution in [0.5, 0.6) is 0 Å². The van der Waals surface area contributed by atoms with Crippen LogP contribution in [-0.2, 0) is 11.3 Å². The topological polar surface area (TPSA) is 34.0 Å². The molecule has 0 atom stereocenters. The summed E-state index contributed by atoms with van der Waals surface area (Å²) >= 11 is 5.92. The van der Waals surface area contributed by atoms with E-state index in [2.05, 4.69) is 5.32 Å². The van der Waals surface area contributed by atoms with Crippen LogP contribution < -0.4 is 5.32 Å². The standard InChI is InChI=1S/C12H13ClN2O/c1-8-5-9-6-10(13)3-4-11(9)15(8)7-12(16)14-2/h3-6H,7H2,1-2H3,(H,14,16). The van der Waals surface area contributed by atoms with Crippen LogP contribution in [0, 0.1) is 6.92 Å². The number of likely N-dealkylation sites (N-methyl/N-ethyl adjacent to an activating group) is 1. The fourth-order valence-corrected chi connectivity index (χ4v) is 1.99. The SMILES string of the molecule is CNC(=O)Cn1c(C)cc2cc(Cl)ccc21. The van der Waals surface area contributed by atoms with Gasteiger partial charge < -0.3 is 9.88 Å². The Morgan fingerprint density at radius 2 is 2.19 bits per heavy atom. The summed E-state index contributed by atoms with van der Waals surface area (Å²) in [5.74, 6) is -0.00412. The maximum Gasteiger partial charge on any atom is 0.239 e. The van der Waals surface area contributed by atoms with E-state index in [0.717, 1.165) is 16.6 Å². The second-order valence-electron chi connectivity index (χ2n) is 3.75. The van der Waals surface area contributed by atoms with E-state index >= 15 is 0 Å². The van der Waals surface area contributed by atoms with E-state index < -0.39 is 0 Å². The number of aryl methyl sites for hydroxylation is 1. The Hall–Kier alpha value is -1.48. The molecule has 1 amide bonds. The fourth-order valence-electron chi connectivity index (χ4n) is 1.81. The van der Waals surface area contributed by atoms with Gasteiger partial charge in [0.25, 0.3) is 0 Å². The second-order valence-corrected chi connectivity index (χ2v) is 4.18. The molecule has 1 N–H and O–H groups in total. The molecule has 2 rings (SSSR count). The summed E-state index contributed by atoms with van der Waals surface area (Å²) in [6.45, 7) is 2.32. The van der Waals surface area contributed by atoms with Gasteiger partial charge in [-0.25, -0.2) is 0 Å². The molecule has 0 saturated heterocycles. The molecule has 0 aliphatic carbocycles. The Bertz CT molecular complexity index is 545.